The molecule has 2 bridgehead atoms. The van der Waals surface area contributed by atoms with Gasteiger partial charge in [-0.05, 0) is 62.2 Å². The van der Waals surface area contributed by atoms with Gasteiger partial charge >= 0.3 is 5.97 Å². The largest absolute Gasteiger partial charge is 0.462 e. The predicted octanol–water partition coefficient (Wildman–Crippen LogP) is 5.09. The Bertz CT molecular complexity index is 1240. The summed E-state index contributed by atoms with van der Waals surface area (Å²) in [6.07, 6.45) is 10.4. The molecule has 0 radical (unpaired) electrons. The number of ether oxygens (including phenoxy) is 4. The van der Waals surface area contributed by atoms with Crippen LogP contribution >= 0.6 is 0 Å². The van der Waals surface area contributed by atoms with E-state index in [0.29, 0.717) is 29.9 Å². The second-order valence-corrected chi connectivity index (χ2v) is 14.4. The Balaban J connectivity index is 1.52. The van der Waals surface area contributed by atoms with Crippen molar-refractivity contribution in [3.05, 3.63) is 58.7 Å². The first-order chi connectivity index (χ1) is 20.7. The van der Waals surface area contributed by atoms with E-state index in [0.717, 1.165) is 12.0 Å². The third-order valence-corrected chi connectivity index (χ3v) is 10.1. The lowest BCUT2D eigenvalue weighted by atomic mass is 9.71. The van der Waals surface area contributed by atoms with E-state index >= 15 is 0 Å². The Kier molecular flexibility index (Phi) is 9.82. The molecule has 3 saturated heterocycles. The Hall–Kier alpha value is -2.07. The first kappa shape index (κ1) is 33.3. The average Bonchev–Trinajstić information content (AvgIpc) is 3.27. The highest BCUT2D eigenvalue weighted by Gasteiger charge is 2.60. The van der Waals surface area contributed by atoms with E-state index in [1.807, 2.05) is 26.0 Å². The summed E-state index contributed by atoms with van der Waals surface area (Å²) in [5.41, 5.74) is 1.64. The first-order valence-corrected chi connectivity index (χ1v) is 16.4. The van der Waals surface area contributed by atoms with Crippen LogP contribution in [0.4, 0.5) is 0 Å². The molecule has 0 unspecified atom stereocenters. The van der Waals surface area contributed by atoms with Crippen LogP contribution in [-0.4, -0.2) is 75.9 Å². The molecule has 1 spiro atoms. The van der Waals surface area contributed by atoms with Gasteiger partial charge in [0, 0.05) is 25.2 Å². The molecule has 8 heteroatoms. The number of rotatable bonds is 2. The number of carbonyl (C=O) groups excluding carboxylic acids is 1. The SMILES string of the molecule is CC1=C[C@@H]2C(=O)O[C@@H]3C[C@H](C/C=C(\C)C[C@H](C)/C=C/C=C4\CO[C@@H]([C@H]1O)[C@]42O)O[C@@]1(C3)C[C@@H](O)[C@@H](C)[C@H](/C(C)=C/C(C)C)O1. The lowest BCUT2D eigenvalue weighted by Gasteiger charge is -2.51. The summed E-state index contributed by atoms with van der Waals surface area (Å²) in [7, 11) is 0. The Labute approximate surface area is 262 Å². The second kappa shape index (κ2) is 13.0. The quantitative estimate of drug-likeness (QED) is 0.292. The number of esters is 1. The molecule has 0 aromatic heterocycles. The molecule has 1 aliphatic carbocycles. The fraction of sp³-hybridized carbons (Fsp3) is 0.694. The van der Waals surface area contributed by atoms with E-state index in [1.54, 1.807) is 13.0 Å². The molecule has 5 aliphatic rings. The van der Waals surface area contributed by atoms with Crippen molar-refractivity contribution in [2.45, 2.75) is 129 Å². The molecule has 244 valence electrons. The molecule has 0 aromatic carbocycles. The fourth-order valence-corrected chi connectivity index (χ4v) is 7.85. The smallest absolute Gasteiger partial charge is 0.316 e. The molecule has 4 heterocycles. The van der Waals surface area contributed by atoms with Crippen LogP contribution in [0, 0.1) is 23.7 Å². The summed E-state index contributed by atoms with van der Waals surface area (Å²) in [5, 5.41) is 34.3. The van der Waals surface area contributed by atoms with Gasteiger partial charge in [-0.2, -0.15) is 0 Å². The van der Waals surface area contributed by atoms with Gasteiger partial charge in [-0.3, -0.25) is 4.79 Å². The minimum Gasteiger partial charge on any atom is -0.462 e. The number of hydrogen-bond donors (Lipinski definition) is 3. The van der Waals surface area contributed by atoms with Gasteiger partial charge in [-0.1, -0.05) is 69.7 Å². The van der Waals surface area contributed by atoms with E-state index in [9.17, 15) is 20.1 Å². The fourth-order valence-electron chi connectivity index (χ4n) is 7.85. The maximum atomic E-state index is 14.0. The molecular formula is C36H52O8. The average molecular weight is 613 g/mol. The zero-order valence-electron chi connectivity index (χ0n) is 27.4. The number of hydrogen-bond acceptors (Lipinski definition) is 8. The van der Waals surface area contributed by atoms with Gasteiger partial charge in [0.25, 0.3) is 0 Å². The minimum atomic E-state index is -1.74. The summed E-state index contributed by atoms with van der Waals surface area (Å²) in [4.78, 5) is 14.0. The highest BCUT2D eigenvalue weighted by molar-refractivity contribution is 5.78. The number of allylic oxidation sites excluding steroid dienone is 5. The third-order valence-electron chi connectivity index (χ3n) is 10.1. The Morgan fingerprint density at radius 3 is 2.59 bits per heavy atom. The van der Waals surface area contributed by atoms with Crippen molar-refractivity contribution in [1.29, 1.82) is 0 Å². The standard InChI is InChI=1S/C36H52O8/c1-20(2)13-24(6)32-25(7)30(37)18-35(44-32)17-28-16-27(43-35)12-11-22(4)14-21(3)9-8-10-26-19-41-33-31(38)23(5)15-29(34(39)42-28)36(26,33)40/h8-11,13,15,20-21,25,27-33,37-38,40H,12,14,16-19H2,1-7H3/b9-8+,22-11+,24-13+,26-10+/t21-,25-,27+,28-,29-,30-,31+,32+,33+,35-,36+/m1/s1. The van der Waals surface area contributed by atoms with Gasteiger partial charge in [-0.25, -0.2) is 0 Å². The minimum absolute atomic E-state index is 0.109. The normalized spacial score (nSPS) is 46.8. The van der Waals surface area contributed by atoms with Crippen LogP contribution in [-0.2, 0) is 23.7 Å². The van der Waals surface area contributed by atoms with Gasteiger partial charge in [0.1, 0.15) is 29.8 Å². The van der Waals surface area contributed by atoms with Gasteiger partial charge in [-0.15, -0.1) is 0 Å². The van der Waals surface area contributed by atoms with Gasteiger partial charge < -0.3 is 34.3 Å². The van der Waals surface area contributed by atoms with Crippen molar-refractivity contribution < 1.29 is 39.1 Å². The molecule has 44 heavy (non-hydrogen) atoms. The molecule has 11 atom stereocenters. The van der Waals surface area contributed by atoms with E-state index in [1.165, 1.54) is 5.57 Å². The summed E-state index contributed by atoms with van der Waals surface area (Å²) >= 11 is 0. The van der Waals surface area contributed by atoms with Crippen LogP contribution in [0.5, 0.6) is 0 Å². The summed E-state index contributed by atoms with van der Waals surface area (Å²) in [6.45, 7) is 14.4. The van der Waals surface area contributed by atoms with Crippen molar-refractivity contribution in [3.8, 4) is 0 Å². The molecule has 8 nitrogen and oxygen atoms in total. The van der Waals surface area contributed by atoms with E-state index < -0.39 is 47.7 Å². The van der Waals surface area contributed by atoms with Crippen LogP contribution in [0.25, 0.3) is 0 Å². The summed E-state index contributed by atoms with van der Waals surface area (Å²) in [6, 6.07) is 0. The predicted molar refractivity (Wildman–Crippen MR) is 167 cm³/mol. The van der Waals surface area contributed by atoms with Crippen molar-refractivity contribution in [1.82, 2.24) is 0 Å². The van der Waals surface area contributed by atoms with Gasteiger partial charge in [0.2, 0.25) is 0 Å². The monoisotopic (exact) mass is 612 g/mol. The maximum Gasteiger partial charge on any atom is 0.316 e. The van der Waals surface area contributed by atoms with Crippen LogP contribution < -0.4 is 0 Å². The zero-order valence-corrected chi connectivity index (χ0v) is 27.4. The molecule has 3 fully saturated rings. The molecule has 0 aromatic rings. The van der Waals surface area contributed by atoms with Gasteiger partial charge in [0.15, 0.2) is 5.79 Å². The molecule has 5 rings (SSSR count). The van der Waals surface area contributed by atoms with Gasteiger partial charge in [0.05, 0.1) is 24.9 Å². The van der Waals surface area contributed by atoms with E-state index in [2.05, 4.69) is 45.9 Å². The highest BCUT2D eigenvalue weighted by atomic mass is 16.7. The first-order valence-electron chi connectivity index (χ1n) is 16.4. The molecule has 0 saturated carbocycles. The number of carbonyl (C=O) groups is 1. The summed E-state index contributed by atoms with van der Waals surface area (Å²) in [5.74, 6) is -2.31. The van der Waals surface area contributed by atoms with Crippen LogP contribution in [0.2, 0.25) is 0 Å². The highest BCUT2D eigenvalue weighted by Crippen LogP contribution is 2.47. The number of aliphatic hydroxyl groups excluding tert-OH is 2. The maximum absolute atomic E-state index is 14.0. The Morgan fingerprint density at radius 1 is 1.11 bits per heavy atom. The van der Waals surface area contributed by atoms with Crippen molar-refractivity contribution in [2.75, 3.05) is 6.61 Å². The van der Waals surface area contributed by atoms with Crippen LogP contribution in [0.3, 0.4) is 0 Å². The van der Waals surface area contributed by atoms with Crippen LogP contribution in [0.1, 0.15) is 80.6 Å². The Morgan fingerprint density at radius 2 is 1.86 bits per heavy atom. The van der Waals surface area contributed by atoms with E-state index in [4.69, 9.17) is 18.9 Å². The molecule has 3 N–H and O–H groups in total. The third kappa shape index (κ3) is 6.58. The van der Waals surface area contributed by atoms with Crippen molar-refractivity contribution >= 4 is 5.97 Å². The topological polar surface area (TPSA) is 115 Å². The van der Waals surface area contributed by atoms with E-state index in [-0.39, 0.29) is 43.5 Å². The number of fused-ring (bicyclic) bond motifs is 2. The van der Waals surface area contributed by atoms with Crippen molar-refractivity contribution in [2.24, 2.45) is 23.7 Å². The molecular weight excluding hydrogens is 560 g/mol. The second-order valence-electron chi connectivity index (χ2n) is 14.4. The van der Waals surface area contributed by atoms with Crippen molar-refractivity contribution in [3.63, 3.8) is 0 Å². The number of aliphatic hydroxyl groups is 3. The lowest BCUT2D eigenvalue weighted by molar-refractivity contribution is -0.342. The zero-order chi connectivity index (χ0) is 32.0. The molecule has 4 aliphatic heterocycles. The van der Waals surface area contributed by atoms with Crippen LogP contribution in [0.15, 0.2) is 58.7 Å². The lowest BCUT2D eigenvalue weighted by Crippen LogP contribution is -2.59. The molecule has 0 amide bonds. The summed E-state index contributed by atoms with van der Waals surface area (Å²) < 4.78 is 25.7.